The smallest absolute Gasteiger partial charge is 0.463 e. The zero-order valence-corrected chi connectivity index (χ0v) is 74.6. The van der Waals surface area contributed by atoms with Crippen LogP contribution in [0.1, 0.15) is 407 Å². The van der Waals surface area contributed by atoms with Gasteiger partial charge >= 0.3 is 31.7 Å². The van der Waals surface area contributed by atoms with Crippen LogP contribution in [0.2, 0.25) is 0 Å². The molecule has 3 rings (SSSR count). The topological polar surface area (TPSA) is 380 Å². The molecule has 0 radical (unpaired) electrons. The first-order valence-corrected chi connectivity index (χ1v) is 49.1. The molecule has 692 valence electrons. The molecule has 0 amide bonds. The van der Waals surface area contributed by atoms with Gasteiger partial charge in [0.2, 0.25) is 0 Å². The molecule has 2 aliphatic heterocycles. The highest BCUT2D eigenvalue weighted by atomic mass is 31.2. The largest absolute Gasteiger partial charge is 0.472 e. The van der Waals surface area contributed by atoms with Gasteiger partial charge in [0, 0.05) is 25.7 Å². The first kappa shape index (κ1) is 109. The monoisotopic (exact) mass is 1710 g/mol. The average Bonchev–Trinajstić information content (AvgIpc) is 0.756. The predicted molar refractivity (Wildman–Crippen MR) is 458 cm³/mol. The van der Waals surface area contributed by atoms with Crippen molar-refractivity contribution in [2.75, 3.05) is 26.4 Å². The lowest BCUT2D eigenvalue weighted by molar-refractivity contribution is -0.360. The maximum atomic E-state index is 14.9. The molecule has 10 N–H and O–H groups in total. The number of unbranched alkanes of at least 4 members (excludes halogenated alkanes) is 49. The molecule has 26 heteroatoms. The Balaban J connectivity index is 1.92. The fraction of sp³-hybridized carbons (Fsp3) is 0.913. The first-order chi connectivity index (χ1) is 57.2. The third kappa shape index (κ3) is 50.8. The lowest BCUT2D eigenvalue weighted by atomic mass is 9.84. The second-order valence-corrected chi connectivity index (χ2v) is 35.3. The van der Waals surface area contributed by atoms with E-state index >= 15 is 0 Å². The number of aliphatic hydroxyl groups is 9. The molecule has 18 atom stereocenters. The maximum absolute atomic E-state index is 14.9. The number of hydrogen-bond donors (Lipinski definition) is 10. The van der Waals surface area contributed by atoms with Gasteiger partial charge in [-0.3, -0.25) is 28.2 Å². The molecule has 3 aliphatic rings. The zero-order chi connectivity index (χ0) is 86.1. The summed E-state index contributed by atoms with van der Waals surface area (Å²) in [6.07, 6.45) is 31.6. The van der Waals surface area contributed by atoms with Gasteiger partial charge in [-0.15, -0.1) is 0 Å². The van der Waals surface area contributed by atoms with Crippen LogP contribution < -0.4 is 0 Å². The molecule has 2 heterocycles. The predicted octanol–water partition coefficient (Wildman–Crippen LogP) is 17.7. The van der Waals surface area contributed by atoms with Gasteiger partial charge in [0.15, 0.2) is 24.8 Å². The number of allylic oxidation sites excluding steroid dienone is 4. The van der Waals surface area contributed by atoms with Crippen molar-refractivity contribution in [1.29, 1.82) is 0 Å². The van der Waals surface area contributed by atoms with Gasteiger partial charge in [0.05, 0.1) is 13.2 Å². The highest BCUT2D eigenvalue weighted by Crippen LogP contribution is 2.49. The number of carbonyl (C=O) groups is 4. The van der Waals surface area contributed by atoms with Gasteiger partial charge in [0.25, 0.3) is 0 Å². The van der Waals surface area contributed by atoms with E-state index in [-0.39, 0.29) is 25.7 Å². The van der Waals surface area contributed by atoms with Gasteiger partial charge in [-0.05, 0) is 77.0 Å². The van der Waals surface area contributed by atoms with Crippen LogP contribution in [0.15, 0.2) is 24.3 Å². The Labute approximate surface area is 711 Å². The summed E-state index contributed by atoms with van der Waals surface area (Å²) in [5, 5.41) is 102. The summed E-state index contributed by atoms with van der Waals surface area (Å²) in [6.45, 7) is 5.58. The standard InChI is InChI=1S/C92H169O25P/c1-5-9-13-17-21-25-29-33-36-39-43-47-51-55-59-63-67-78(97)114-87-83(102)84(103)88(115-91-85(104)81(100)79(98)73(68-93)112-91)90(89(87)116-92-86(105)82(101)80(99)74(113-92)71-109-76(95)65-61-57-53-49-45-41-37-34-30-26-22-18-14-10-6-2)117-118(106,107)110-70-72(69-108-75(94)64-60-56-52-48-44-40-32-28-24-20-16-12-8-4)111-77(96)66-62-58-54-50-46-42-38-35-31-27-23-19-15-11-7-3/h26,30,40,44,72-74,79-93,98-105H,5-25,27-29,31-39,41-43,45-71H2,1-4H3,(H,106,107)/b30-26-,44-40-. The number of aliphatic hydroxyl groups excluding tert-OH is 9. The molecule has 0 spiro atoms. The molecule has 2 saturated heterocycles. The minimum absolute atomic E-state index is 0.00956. The van der Waals surface area contributed by atoms with Crippen molar-refractivity contribution < 1.29 is 122 Å². The van der Waals surface area contributed by atoms with Crippen LogP contribution in [-0.2, 0) is 70.7 Å². The summed E-state index contributed by atoms with van der Waals surface area (Å²) >= 11 is 0. The molecule has 18 unspecified atom stereocenters. The van der Waals surface area contributed by atoms with Crippen LogP contribution in [0.4, 0.5) is 0 Å². The number of esters is 4. The van der Waals surface area contributed by atoms with Crippen LogP contribution in [0.3, 0.4) is 0 Å². The van der Waals surface area contributed by atoms with Crippen molar-refractivity contribution in [2.45, 2.75) is 511 Å². The zero-order valence-electron chi connectivity index (χ0n) is 73.7. The normalized spacial score (nSPS) is 25.0. The number of carbonyl (C=O) groups excluding carboxylic acids is 4. The van der Waals surface area contributed by atoms with Gasteiger partial charge in [-0.1, -0.05) is 328 Å². The van der Waals surface area contributed by atoms with Gasteiger partial charge in [0.1, 0.15) is 92.6 Å². The molecule has 0 aromatic rings. The molecule has 0 aromatic carbocycles. The maximum Gasteiger partial charge on any atom is 0.472 e. The third-order valence-electron chi connectivity index (χ3n) is 23.2. The third-order valence-corrected chi connectivity index (χ3v) is 24.2. The molecular formula is C92H169O25P. The minimum atomic E-state index is -5.81. The Morgan fingerprint density at radius 1 is 0.331 bits per heavy atom. The molecular weight excluding hydrogens is 1540 g/mol. The van der Waals surface area contributed by atoms with Crippen LogP contribution in [0, 0.1) is 0 Å². The van der Waals surface area contributed by atoms with Crippen molar-refractivity contribution >= 4 is 31.7 Å². The van der Waals surface area contributed by atoms with E-state index in [4.69, 9.17) is 46.9 Å². The van der Waals surface area contributed by atoms with E-state index in [9.17, 15) is 74.6 Å². The molecule has 25 nitrogen and oxygen atoms in total. The second-order valence-electron chi connectivity index (χ2n) is 33.9. The SMILES string of the molecule is CCCCCC/C=C\CCCCCCCCCC(=O)OCC1OC(OC2C(OC(=O)CCCCCCCCCCCCCCCCCC)C(O)C(O)C(OC3OC(CO)C(O)C(O)C3O)C2OP(=O)(O)OCC(COC(=O)CCCCC/C=C\CCCCCCCC)OC(=O)CCCCCCCCCCCCCCCCC)C(O)C(O)C1O. The Morgan fingerprint density at radius 2 is 0.636 bits per heavy atom. The van der Waals surface area contributed by atoms with Crippen molar-refractivity contribution in [3.05, 3.63) is 24.3 Å². The summed E-state index contributed by atoms with van der Waals surface area (Å²) in [5.74, 6) is -2.98. The van der Waals surface area contributed by atoms with E-state index in [0.717, 1.165) is 148 Å². The van der Waals surface area contributed by atoms with Crippen molar-refractivity contribution in [2.24, 2.45) is 0 Å². The van der Waals surface area contributed by atoms with Crippen LogP contribution in [-0.4, -0.2) is 205 Å². The van der Waals surface area contributed by atoms with Gasteiger partial charge < -0.3 is 88.7 Å². The lowest BCUT2D eigenvalue weighted by Crippen LogP contribution is -2.70. The van der Waals surface area contributed by atoms with Gasteiger partial charge in [-0.2, -0.15) is 0 Å². The number of ether oxygens (including phenoxy) is 8. The van der Waals surface area contributed by atoms with Crippen molar-refractivity contribution in [3.63, 3.8) is 0 Å². The van der Waals surface area contributed by atoms with E-state index in [1.54, 1.807) is 0 Å². The Bertz CT molecular complexity index is 2550. The Morgan fingerprint density at radius 3 is 1.03 bits per heavy atom. The fourth-order valence-corrected chi connectivity index (χ4v) is 16.6. The minimum Gasteiger partial charge on any atom is -0.463 e. The van der Waals surface area contributed by atoms with E-state index in [1.165, 1.54) is 173 Å². The second kappa shape index (κ2) is 71.1. The number of phosphoric acid groups is 1. The molecule has 0 aromatic heterocycles. The molecule has 3 fully saturated rings. The highest BCUT2D eigenvalue weighted by molar-refractivity contribution is 7.47. The molecule has 1 saturated carbocycles. The van der Waals surface area contributed by atoms with E-state index in [1.807, 2.05) is 0 Å². The summed E-state index contributed by atoms with van der Waals surface area (Å²) in [6, 6.07) is 0. The molecule has 1 aliphatic carbocycles. The highest BCUT2D eigenvalue weighted by Gasteiger charge is 2.60. The molecule has 0 bridgehead atoms. The van der Waals surface area contributed by atoms with E-state index in [0.29, 0.717) is 32.1 Å². The van der Waals surface area contributed by atoms with E-state index in [2.05, 4.69) is 52.0 Å². The Kier molecular flexibility index (Phi) is 65.8. The van der Waals surface area contributed by atoms with Crippen LogP contribution in [0.5, 0.6) is 0 Å². The number of rotatable bonds is 77. The Hall–Kier alpha value is -3.05. The summed E-state index contributed by atoms with van der Waals surface area (Å²) in [4.78, 5) is 66.5. The average molecular weight is 1710 g/mol. The number of hydrogen-bond acceptors (Lipinski definition) is 24. The van der Waals surface area contributed by atoms with Gasteiger partial charge in [-0.25, -0.2) is 4.57 Å². The molecule has 118 heavy (non-hydrogen) atoms. The lowest BCUT2D eigenvalue weighted by Gasteiger charge is -2.50. The van der Waals surface area contributed by atoms with Crippen LogP contribution in [0.25, 0.3) is 0 Å². The first-order valence-electron chi connectivity index (χ1n) is 47.6. The summed E-state index contributed by atoms with van der Waals surface area (Å²) in [5.41, 5.74) is 0. The summed E-state index contributed by atoms with van der Waals surface area (Å²) < 4.78 is 73.4. The fourth-order valence-electron chi connectivity index (χ4n) is 15.6. The summed E-state index contributed by atoms with van der Waals surface area (Å²) in [7, 11) is -5.81. The van der Waals surface area contributed by atoms with Crippen molar-refractivity contribution in [3.8, 4) is 0 Å². The van der Waals surface area contributed by atoms with E-state index < -0.39 is 162 Å². The quantitative estimate of drug-likeness (QED) is 0.00889. The van der Waals surface area contributed by atoms with Crippen LogP contribution >= 0.6 is 7.82 Å². The van der Waals surface area contributed by atoms with Crippen molar-refractivity contribution in [1.82, 2.24) is 0 Å². The number of phosphoric ester groups is 1.